The molecule has 0 amide bonds. The average Bonchev–Trinajstić information content (AvgIpc) is 2.80. The number of aromatic nitrogens is 3. The standard InChI is InChI=1S/C13H9BrClN3/c14-9-4-3-7-18-11(8-15)12(17-13(9)18)10-5-1-2-6-16-10/h1-7H,8H2. The summed E-state index contributed by atoms with van der Waals surface area (Å²) in [5.74, 6) is 0.392. The Kier molecular flexibility index (Phi) is 3.06. The quantitative estimate of drug-likeness (QED) is 0.670. The molecule has 0 unspecified atom stereocenters. The fraction of sp³-hybridized carbons (Fsp3) is 0.0769. The molecule has 3 nitrogen and oxygen atoms in total. The van der Waals surface area contributed by atoms with Gasteiger partial charge in [-0.15, -0.1) is 11.6 Å². The van der Waals surface area contributed by atoms with Gasteiger partial charge in [-0.3, -0.25) is 4.98 Å². The van der Waals surface area contributed by atoms with Crippen LogP contribution in [0.4, 0.5) is 0 Å². The first-order valence-electron chi connectivity index (χ1n) is 5.44. The summed E-state index contributed by atoms with van der Waals surface area (Å²) in [5, 5.41) is 0. The number of fused-ring (bicyclic) bond motifs is 1. The van der Waals surface area contributed by atoms with Crippen molar-refractivity contribution in [1.82, 2.24) is 14.4 Å². The predicted octanol–water partition coefficient (Wildman–Crippen LogP) is 3.90. The summed E-state index contributed by atoms with van der Waals surface area (Å²) in [6, 6.07) is 9.68. The van der Waals surface area contributed by atoms with Crippen LogP contribution in [0.1, 0.15) is 5.69 Å². The van der Waals surface area contributed by atoms with E-state index in [0.717, 1.165) is 27.2 Å². The number of rotatable bonds is 2. The Balaban J connectivity index is 2.33. The lowest BCUT2D eigenvalue weighted by molar-refractivity contribution is 1.08. The van der Waals surface area contributed by atoms with Gasteiger partial charge in [0.05, 0.1) is 21.7 Å². The molecule has 90 valence electrons. The van der Waals surface area contributed by atoms with Crippen LogP contribution in [0, 0.1) is 0 Å². The zero-order chi connectivity index (χ0) is 12.5. The molecule has 5 heteroatoms. The van der Waals surface area contributed by atoms with Crippen LogP contribution in [0.2, 0.25) is 0 Å². The van der Waals surface area contributed by atoms with Crippen LogP contribution in [0.25, 0.3) is 17.0 Å². The summed E-state index contributed by atoms with van der Waals surface area (Å²) in [4.78, 5) is 8.96. The molecule has 0 bridgehead atoms. The highest BCUT2D eigenvalue weighted by atomic mass is 79.9. The fourth-order valence-electron chi connectivity index (χ4n) is 1.92. The molecule has 0 aliphatic rings. The molecule has 18 heavy (non-hydrogen) atoms. The molecule has 3 aromatic heterocycles. The van der Waals surface area contributed by atoms with Crippen molar-refractivity contribution in [2.45, 2.75) is 5.88 Å². The Morgan fingerprint density at radius 1 is 1.22 bits per heavy atom. The summed E-state index contributed by atoms with van der Waals surface area (Å²) in [6.45, 7) is 0. The van der Waals surface area contributed by atoms with E-state index in [9.17, 15) is 0 Å². The second-order valence-corrected chi connectivity index (χ2v) is 4.93. The van der Waals surface area contributed by atoms with Crippen molar-refractivity contribution in [2.75, 3.05) is 0 Å². The first-order valence-corrected chi connectivity index (χ1v) is 6.77. The third kappa shape index (κ3) is 1.82. The van der Waals surface area contributed by atoms with Crippen LogP contribution in [-0.4, -0.2) is 14.4 Å². The molecule has 0 saturated heterocycles. The zero-order valence-electron chi connectivity index (χ0n) is 9.35. The smallest absolute Gasteiger partial charge is 0.152 e. The lowest BCUT2D eigenvalue weighted by atomic mass is 10.2. The van der Waals surface area contributed by atoms with Gasteiger partial charge in [-0.2, -0.15) is 0 Å². The monoisotopic (exact) mass is 321 g/mol. The van der Waals surface area contributed by atoms with Crippen LogP contribution in [0.3, 0.4) is 0 Å². The van der Waals surface area contributed by atoms with Crippen LogP contribution in [0.5, 0.6) is 0 Å². The Morgan fingerprint density at radius 3 is 2.83 bits per heavy atom. The van der Waals surface area contributed by atoms with Crippen molar-refractivity contribution < 1.29 is 0 Å². The number of hydrogen-bond donors (Lipinski definition) is 0. The Bertz CT molecular complexity index is 694. The molecule has 3 heterocycles. The van der Waals surface area contributed by atoms with Gasteiger partial charge in [0, 0.05) is 12.4 Å². The third-order valence-corrected chi connectivity index (χ3v) is 3.61. The zero-order valence-corrected chi connectivity index (χ0v) is 11.7. The molecule has 0 spiro atoms. The summed E-state index contributed by atoms with van der Waals surface area (Å²) in [7, 11) is 0. The highest BCUT2D eigenvalue weighted by Gasteiger charge is 2.15. The van der Waals surface area contributed by atoms with E-state index >= 15 is 0 Å². The van der Waals surface area contributed by atoms with E-state index < -0.39 is 0 Å². The van der Waals surface area contributed by atoms with Gasteiger partial charge in [0.25, 0.3) is 0 Å². The highest BCUT2D eigenvalue weighted by Crippen LogP contribution is 2.27. The van der Waals surface area contributed by atoms with E-state index in [2.05, 4.69) is 25.9 Å². The molecule has 0 aliphatic carbocycles. The maximum absolute atomic E-state index is 6.05. The second kappa shape index (κ2) is 4.71. The van der Waals surface area contributed by atoms with Gasteiger partial charge in [0.1, 0.15) is 5.69 Å². The molecule has 0 N–H and O–H groups in total. The van der Waals surface area contributed by atoms with Gasteiger partial charge in [-0.25, -0.2) is 4.98 Å². The Morgan fingerprint density at radius 2 is 2.11 bits per heavy atom. The molecule has 0 radical (unpaired) electrons. The van der Waals surface area contributed by atoms with Crippen LogP contribution < -0.4 is 0 Å². The lowest BCUT2D eigenvalue weighted by Gasteiger charge is -2.00. The van der Waals surface area contributed by atoms with Crippen molar-refractivity contribution in [3.63, 3.8) is 0 Å². The lowest BCUT2D eigenvalue weighted by Crippen LogP contribution is -1.91. The number of halogens is 2. The van der Waals surface area contributed by atoms with Crippen molar-refractivity contribution in [3.8, 4) is 11.4 Å². The molecule has 3 aromatic rings. The van der Waals surface area contributed by atoms with Crippen molar-refractivity contribution in [1.29, 1.82) is 0 Å². The second-order valence-electron chi connectivity index (χ2n) is 3.81. The molecule has 0 saturated carbocycles. The highest BCUT2D eigenvalue weighted by molar-refractivity contribution is 9.10. The van der Waals surface area contributed by atoms with E-state index in [1.54, 1.807) is 6.20 Å². The number of hydrogen-bond acceptors (Lipinski definition) is 2. The summed E-state index contributed by atoms with van der Waals surface area (Å²) >= 11 is 9.55. The first-order chi connectivity index (χ1) is 8.81. The minimum absolute atomic E-state index is 0.392. The van der Waals surface area contributed by atoms with Gasteiger partial charge >= 0.3 is 0 Å². The number of pyridine rings is 2. The molecular weight excluding hydrogens is 314 g/mol. The largest absolute Gasteiger partial charge is 0.301 e. The van der Waals surface area contributed by atoms with E-state index in [0.29, 0.717) is 5.88 Å². The average molecular weight is 323 g/mol. The molecule has 3 rings (SSSR count). The topological polar surface area (TPSA) is 30.2 Å². The number of nitrogens with zero attached hydrogens (tertiary/aromatic N) is 3. The minimum atomic E-state index is 0.392. The van der Waals surface area contributed by atoms with Crippen molar-refractivity contribution in [3.05, 3.63) is 52.9 Å². The maximum Gasteiger partial charge on any atom is 0.152 e. The molecule has 0 atom stereocenters. The third-order valence-electron chi connectivity index (χ3n) is 2.74. The van der Waals surface area contributed by atoms with Crippen molar-refractivity contribution in [2.24, 2.45) is 0 Å². The Labute approximate surface area is 118 Å². The fourth-order valence-corrected chi connectivity index (χ4v) is 2.61. The SMILES string of the molecule is ClCc1c(-c2ccccn2)nc2c(Br)cccn12. The predicted molar refractivity (Wildman–Crippen MR) is 75.7 cm³/mol. The normalized spacial score (nSPS) is 11.0. The summed E-state index contributed by atoms with van der Waals surface area (Å²) < 4.78 is 2.93. The van der Waals surface area contributed by atoms with E-state index in [-0.39, 0.29) is 0 Å². The summed E-state index contributed by atoms with van der Waals surface area (Å²) in [6.07, 6.45) is 3.71. The summed E-state index contributed by atoms with van der Waals surface area (Å²) in [5.41, 5.74) is 3.47. The van der Waals surface area contributed by atoms with E-state index in [1.165, 1.54) is 0 Å². The van der Waals surface area contributed by atoms with Crippen molar-refractivity contribution >= 4 is 33.2 Å². The number of alkyl halides is 1. The van der Waals surface area contributed by atoms with Gasteiger partial charge < -0.3 is 4.40 Å². The van der Waals surface area contributed by atoms with Crippen LogP contribution in [0.15, 0.2) is 47.2 Å². The first kappa shape index (κ1) is 11.7. The van der Waals surface area contributed by atoms with Crippen LogP contribution in [-0.2, 0) is 5.88 Å². The van der Waals surface area contributed by atoms with Gasteiger partial charge in [-0.1, -0.05) is 6.07 Å². The molecule has 0 fully saturated rings. The molecular formula is C13H9BrClN3. The van der Waals surface area contributed by atoms with Gasteiger partial charge in [0.15, 0.2) is 5.65 Å². The number of imidazole rings is 1. The van der Waals surface area contributed by atoms with E-state index in [4.69, 9.17) is 11.6 Å². The maximum atomic E-state index is 6.05. The minimum Gasteiger partial charge on any atom is -0.301 e. The van der Waals surface area contributed by atoms with Gasteiger partial charge in [-0.05, 0) is 40.2 Å². The molecule has 0 aliphatic heterocycles. The molecule has 0 aromatic carbocycles. The Hall–Kier alpha value is -1.39. The van der Waals surface area contributed by atoms with Crippen LogP contribution >= 0.6 is 27.5 Å². The van der Waals surface area contributed by atoms with Gasteiger partial charge in [0.2, 0.25) is 0 Å². The van der Waals surface area contributed by atoms with E-state index in [1.807, 2.05) is 40.9 Å².